The molecule has 0 aliphatic heterocycles. The Balaban J connectivity index is -0.0000000171. The minimum absolute atomic E-state index is 0. The molecule has 5 heteroatoms. The molecule has 0 rings (SSSR count). The van der Waals surface area contributed by atoms with E-state index < -0.39 is 11.9 Å². The molecule has 0 fully saturated rings. The average Bonchev–Trinajstić information content (AvgIpc) is 1.25. The molecule has 11 heavy (non-hydrogen) atoms. The monoisotopic (exact) mass is 198 g/mol. The molecule has 0 unspecified atom stereocenters. The van der Waals surface area contributed by atoms with Gasteiger partial charge in [-0.15, -0.1) is 0 Å². The van der Waals surface area contributed by atoms with Gasteiger partial charge in [0, 0.05) is 13.8 Å². The summed E-state index contributed by atoms with van der Waals surface area (Å²) in [5.74, 6) is -1.67. The van der Waals surface area contributed by atoms with E-state index in [1.165, 1.54) is 0 Å². The van der Waals surface area contributed by atoms with E-state index in [9.17, 15) is 0 Å². The Kier molecular flexibility index (Phi) is 63.9. The van der Waals surface area contributed by atoms with Crippen molar-refractivity contribution in [3.8, 4) is 0 Å². The zero-order valence-corrected chi connectivity index (χ0v) is 8.77. The molecule has 0 radical (unpaired) electrons. The van der Waals surface area contributed by atoms with Gasteiger partial charge < -0.3 is 25.1 Å². The van der Waals surface area contributed by atoms with Crippen molar-refractivity contribution in [1.82, 2.24) is 0 Å². The number of carboxylic acids is 2. The summed E-state index contributed by atoms with van der Waals surface area (Å²) in [7, 11) is 0. The van der Waals surface area contributed by atoms with E-state index in [2.05, 4.69) is 0 Å². The first kappa shape index (κ1) is 31.1. The van der Waals surface area contributed by atoms with E-state index in [1.807, 2.05) is 0 Å². The maximum Gasteiger partial charge on any atom is 2.00 e. The number of carboxylic acid groups (broad SMARTS) is 2. The number of aliphatic carboxylic acids is 2. The molecule has 0 aliphatic rings. The Bertz CT molecular complexity index is 72.6. The zero-order chi connectivity index (χ0) is 7.15. The fourth-order valence-electron chi connectivity index (χ4n) is 0. The van der Waals surface area contributed by atoms with Crippen LogP contribution in [0.5, 0.6) is 0 Å². The van der Waals surface area contributed by atoms with Crippen LogP contribution >= 0.6 is 0 Å². The van der Waals surface area contributed by atoms with Crippen LogP contribution in [-0.2, 0) is 31.3 Å². The number of carbonyl (C=O) groups is 2. The normalized spacial score (nSPS) is 4.55. The molecule has 0 saturated carbocycles. The minimum atomic E-state index is -0.833. The Hall–Kier alpha value is -0.346. The van der Waals surface area contributed by atoms with Crippen molar-refractivity contribution in [3.63, 3.8) is 0 Å². The number of rotatable bonds is 0. The van der Waals surface area contributed by atoms with Gasteiger partial charge in [0.05, 0.1) is 0 Å². The second-order valence-electron chi connectivity index (χ2n) is 1.04. The number of hydrogen-bond donors (Lipinski definition) is 2. The summed E-state index contributed by atoms with van der Waals surface area (Å²) in [4.78, 5) is 18.0. The van der Waals surface area contributed by atoms with Crippen molar-refractivity contribution in [2.75, 3.05) is 0 Å². The first-order valence-corrected chi connectivity index (χ1v) is 1.86. The molecular weight excluding hydrogens is 184 g/mol. The Labute approximate surface area is 82.5 Å². The maximum atomic E-state index is 9.00. The smallest absolute Gasteiger partial charge is 0.481 e. The first-order chi connectivity index (χ1) is 3.46. The van der Waals surface area contributed by atoms with Gasteiger partial charge in [0.15, 0.2) is 0 Å². The van der Waals surface area contributed by atoms with Crippen molar-refractivity contribution >= 4 is 11.9 Å². The van der Waals surface area contributed by atoms with Crippen LogP contribution in [0.2, 0.25) is 0 Å². The topological polar surface area (TPSA) is 74.6 Å². The standard InChI is InChI=1S/2C2H4O2.2CH3.Ti/c2*1-2(3)4;;;/h2*1H3,(H,3,4);2*1H3;/q;;2*-1;+2. The van der Waals surface area contributed by atoms with Crippen LogP contribution in [0.1, 0.15) is 13.8 Å². The molecule has 0 aromatic rings. The second kappa shape index (κ2) is 22.6. The Morgan fingerprint density at radius 3 is 0.909 bits per heavy atom. The molecule has 0 amide bonds. The van der Waals surface area contributed by atoms with Crippen LogP contribution < -0.4 is 0 Å². The molecule has 0 heterocycles. The molecule has 0 atom stereocenters. The molecule has 4 nitrogen and oxygen atoms in total. The average molecular weight is 198 g/mol. The van der Waals surface area contributed by atoms with Gasteiger partial charge in [-0.25, -0.2) is 0 Å². The third kappa shape index (κ3) is 4730. The van der Waals surface area contributed by atoms with Crippen LogP contribution in [0, 0.1) is 14.9 Å². The second-order valence-corrected chi connectivity index (χ2v) is 1.04. The summed E-state index contributed by atoms with van der Waals surface area (Å²) >= 11 is 0. The van der Waals surface area contributed by atoms with Gasteiger partial charge in [0.2, 0.25) is 0 Å². The van der Waals surface area contributed by atoms with E-state index in [1.54, 1.807) is 0 Å². The Morgan fingerprint density at radius 1 is 0.909 bits per heavy atom. The van der Waals surface area contributed by atoms with Crippen molar-refractivity contribution < 1.29 is 41.5 Å². The molecular formula is C6H14O4Ti. The van der Waals surface area contributed by atoms with Crippen LogP contribution in [0.15, 0.2) is 0 Å². The predicted molar refractivity (Wildman–Crippen MR) is 39.4 cm³/mol. The minimum Gasteiger partial charge on any atom is -0.481 e. The van der Waals surface area contributed by atoms with E-state index in [-0.39, 0.29) is 36.6 Å². The molecule has 2 N–H and O–H groups in total. The van der Waals surface area contributed by atoms with E-state index in [0.29, 0.717) is 0 Å². The number of hydrogen-bond acceptors (Lipinski definition) is 2. The van der Waals surface area contributed by atoms with Gasteiger partial charge in [0.25, 0.3) is 11.9 Å². The summed E-state index contributed by atoms with van der Waals surface area (Å²) < 4.78 is 0. The van der Waals surface area contributed by atoms with Crippen LogP contribution in [-0.4, -0.2) is 22.2 Å². The zero-order valence-electron chi connectivity index (χ0n) is 7.21. The van der Waals surface area contributed by atoms with Crippen molar-refractivity contribution in [2.45, 2.75) is 13.8 Å². The summed E-state index contributed by atoms with van der Waals surface area (Å²) in [5.41, 5.74) is 0. The van der Waals surface area contributed by atoms with Crippen molar-refractivity contribution in [3.05, 3.63) is 14.9 Å². The largest absolute Gasteiger partial charge is 2.00 e. The van der Waals surface area contributed by atoms with E-state index >= 15 is 0 Å². The molecule has 0 aromatic heterocycles. The van der Waals surface area contributed by atoms with Crippen molar-refractivity contribution in [2.24, 2.45) is 0 Å². The quantitative estimate of drug-likeness (QED) is 0.451. The molecule has 0 aromatic carbocycles. The molecule has 0 saturated heterocycles. The SMILES string of the molecule is CC(=O)O.CC(=O)O.[CH3-].[CH3-].[Ti+2]. The van der Waals surface area contributed by atoms with Crippen molar-refractivity contribution in [1.29, 1.82) is 0 Å². The van der Waals surface area contributed by atoms with E-state index in [4.69, 9.17) is 19.8 Å². The summed E-state index contributed by atoms with van der Waals surface area (Å²) in [6.45, 7) is 2.17. The molecule has 0 bridgehead atoms. The van der Waals surface area contributed by atoms with Crippen LogP contribution in [0.3, 0.4) is 0 Å². The summed E-state index contributed by atoms with van der Waals surface area (Å²) in [6.07, 6.45) is 0. The fraction of sp³-hybridized carbons (Fsp3) is 0.333. The van der Waals surface area contributed by atoms with Crippen LogP contribution in [0.4, 0.5) is 0 Å². The van der Waals surface area contributed by atoms with Gasteiger partial charge in [-0.2, -0.15) is 0 Å². The Morgan fingerprint density at radius 2 is 0.909 bits per heavy atom. The molecule has 0 aliphatic carbocycles. The maximum absolute atomic E-state index is 9.00. The fourth-order valence-corrected chi connectivity index (χ4v) is 0. The predicted octanol–water partition coefficient (Wildman–Crippen LogP) is 1.08. The van der Waals surface area contributed by atoms with E-state index in [0.717, 1.165) is 13.8 Å². The van der Waals surface area contributed by atoms with Gasteiger partial charge in [-0.1, -0.05) is 0 Å². The molecule has 66 valence electrons. The van der Waals surface area contributed by atoms with Gasteiger partial charge >= 0.3 is 21.7 Å². The third-order valence-corrected chi connectivity index (χ3v) is 0. The summed E-state index contributed by atoms with van der Waals surface area (Å²) in [6, 6.07) is 0. The van der Waals surface area contributed by atoms with Gasteiger partial charge in [-0.05, 0) is 0 Å². The molecule has 0 spiro atoms. The van der Waals surface area contributed by atoms with Crippen LogP contribution in [0.25, 0.3) is 0 Å². The van der Waals surface area contributed by atoms with Gasteiger partial charge in [-0.3, -0.25) is 9.59 Å². The van der Waals surface area contributed by atoms with Gasteiger partial charge in [0.1, 0.15) is 0 Å². The third-order valence-electron chi connectivity index (χ3n) is 0. The summed E-state index contributed by atoms with van der Waals surface area (Å²) in [5, 5.41) is 14.8. The first-order valence-electron chi connectivity index (χ1n) is 1.86.